The second-order valence-corrected chi connectivity index (χ2v) is 12.7. The topological polar surface area (TPSA) is 171 Å². The number of anilines is 1. The van der Waals surface area contributed by atoms with E-state index in [4.69, 9.17) is 4.98 Å². The number of halogens is 1. The largest absolute Gasteiger partial charge is 0.335 e. The Morgan fingerprint density at radius 2 is 1.77 bits per heavy atom. The quantitative estimate of drug-likeness (QED) is 0.180. The molecule has 4 N–H and O–H groups in total. The number of nitrogens with one attached hydrogen (secondary N) is 4. The van der Waals surface area contributed by atoms with Gasteiger partial charge in [0, 0.05) is 48.2 Å². The summed E-state index contributed by atoms with van der Waals surface area (Å²) in [5, 5.41) is 11.0. The number of H-pyrrole nitrogens is 2. The second-order valence-electron chi connectivity index (χ2n) is 10.9. The summed E-state index contributed by atoms with van der Waals surface area (Å²) in [5.41, 5.74) is 5.83. The van der Waals surface area contributed by atoms with Crippen LogP contribution in [0.3, 0.4) is 0 Å². The third-order valence-corrected chi connectivity index (χ3v) is 7.46. The van der Waals surface area contributed by atoms with Crippen molar-refractivity contribution in [3.63, 3.8) is 0 Å². The Labute approximate surface area is 251 Å². The molecule has 5 heterocycles. The molecule has 1 amide bonds. The molecule has 0 aliphatic carbocycles. The summed E-state index contributed by atoms with van der Waals surface area (Å²) in [6.45, 7) is 3.91. The summed E-state index contributed by atoms with van der Waals surface area (Å²) in [4.78, 5) is 33.5. The van der Waals surface area contributed by atoms with Crippen LogP contribution in [0.15, 0.2) is 61.3 Å². The molecule has 0 atom stereocenters. The maximum Gasteiger partial charge on any atom is 0.224 e. The molecular weight excluding hydrogens is 585 g/mol. The number of carbonyl (C=O) groups excluding carboxylic acids is 1. The minimum atomic E-state index is -3.46. The Balaban J connectivity index is 1.36. The highest BCUT2D eigenvalue weighted by Crippen LogP contribution is 2.33. The molecule has 5 aromatic heterocycles. The summed E-state index contributed by atoms with van der Waals surface area (Å²) in [7, 11) is -3.46. The molecule has 0 saturated heterocycles. The number of hydrogen-bond donors (Lipinski definition) is 4. The average Bonchev–Trinajstić information content (AvgIpc) is 3.59. The maximum atomic E-state index is 14.6. The fourth-order valence-electron chi connectivity index (χ4n) is 4.87. The number of nitrogens with zero attached hydrogens (tertiary/aromatic N) is 5. The van der Waals surface area contributed by atoms with E-state index in [1.165, 1.54) is 12.1 Å². The lowest BCUT2D eigenvalue weighted by Crippen LogP contribution is -2.21. The first-order chi connectivity index (χ1) is 21.0. The molecular formula is C30H28FN9O3S. The molecule has 224 valence electrons. The Bertz CT molecular complexity index is 2140. The van der Waals surface area contributed by atoms with Crippen LogP contribution < -0.4 is 10.0 Å². The van der Waals surface area contributed by atoms with Gasteiger partial charge in [-0.2, -0.15) is 5.10 Å². The number of aromatic nitrogens is 7. The van der Waals surface area contributed by atoms with Crippen LogP contribution in [0, 0.1) is 11.7 Å². The smallest absolute Gasteiger partial charge is 0.224 e. The molecule has 0 aliphatic heterocycles. The minimum Gasteiger partial charge on any atom is -0.335 e. The summed E-state index contributed by atoms with van der Waals surface area (Å²) in [5.74, 6) is 0.0829. The molecule has 0 fully saturated rings. The third kappa shape index (κ3) is 6.31. The standard InChI is InChI=1S/C30H28FN9O3S/c1-16(2)4-26(41)36-22-8-19(11-32-13-22)20-9-23-28(39-40-29(23)34-12-20)30-37-25-15-33-14-24(27(25)38-30)18-5-17(6-21(31)7-18)10-35-44(3,42)43/h5-9,11-16,35H,4,10H2,1-3H3,(H,36,41)(H,37,38)(H,34,39,40). The van der Waals surface area contributed by atoms with E-state index in [9.17, 15) is 17.6 Å². The van der Waals surface area contributed by atoms with Gasteiger partial charge < -0.3 is 10.3 Å². The van der Waals surface area contributed by atoms with Gasteiger partial charge in [0.2, 0.25) is 15.9 Å². The van der Waals surface area contributed by atoms with E-state index in [1.54, 1.807) is 37.1 Å². The predicted molar refractivity (Wildman–Crippen MR) is 165 cm³/mol. The first-order valence-electron chi connectivity index (χ1n) is 13.7. The van der Waals surface area contributed by atoms with Crippen molar-refractivity contribution in [2.75, 3.05) is 11.6 Å². The van der Waals surface area contributed by atoms with Crippen molar-refractivity contribution in [1.29, 1.82) is 0 Å². The zero-order valence-corrected chi connectivity index (χ0v) is 24.8. The van der Waals surface area contributed by atoms with Gasteiger partial charge in [-0.25, -0.2) is 27.5 Å². The lowest BCUT2D eigenvalue weighted by molar-refractivity contribution is -0.116. The van der Waals surface area contributed by atoms with Crippen LogP contribution in [-0.4, -0.2) is 55.7 Å². The van der Waals surface area contributed by atoms with Crippen LogP contribution in [0.1, 0.15) is 25.8 Å². The van der Waals surface area contributed by atoms with Crippen LogP contribution in [0.4, 0.5) is 10.1 Å². The lowest BCUT2D eigenvalue weighted by atomic mass is 10.0. The van der Waals surface area contributed by atoms with Crippen LogP contribution >= 0.6 is 0 Å². The van der Waals surface area contributed by atoms with E-state index in [-0.39, 0.29) is 18.4 Å². The van der Waals surface area contributed by atoms with Crippen LogP contribution in [0.25, 0.3) is 55.8 Å². The molecule has 6 rings (SSSR count). The van der Waals surface area contributed by atoms with Gasteiger partial charge in [0.1, 0.15) is 11.5 Å². The van der Waals surface area contributed by atoms with Gasteiger partial charge in [-0.15, -0.1) is 0 Å². The van der Waals surface area contributed by atoms with Gasteiger partial charge in [-0.3, -0.25) is 19.9 Å². The van der Waals surface area contributed by atoms with Crippen LogP contribution in [0.5, 0.6) is 0 Å². The van der Waals surface area contributed by atoms with Gasteiger partial charge in [-0.1, -0.05) is 13.8 Å². The summed E-state index contributed by atoms with van der Waals surface area (Å²) < 4.78 is 40.1. The molecule has 14 heteroatoms. The van der Waals surface area contributed by atoms with Gasteiger partial charge in [-0.05, 0) is 47.4 Å². The number of sulfonamides is 1. The Hall–Kier alpha value is -5.08. The number of rotatable bonds is 9. The molecule has 44 heavy (non-hydrogen) atoms. The van der Waals surface area contributed by atoms with Crippen molar-refractivity contribution < 1.29 is 17.6 Å². The second kappa shape index (κ2) is 11.5. The summed E-state index contributed by atoms with van der Waals surface area (Å²) in [6, 6.07) is 8.07. The van der Waals surface area contributed by atoms with E-state index < -0.39 is 15.8 Å². The van der Waals surface area contributed by atoms with Gasteiger partial charge in [0.15, 0.2) is 11.5 Å². The van der Waals surface area contributed by atoms with Crippen molar-refractivity contribution in [2.45, 2.75) is 26.8 Å². The molecule has 0 radical (unpaired) electrons. The number of pyridine rings is 3. The van der Waals surface area contributed by atoms with Crippen LogP contribution in [-0.2, 0) is 21.4 Å². The van der Waals surface area contributed by atoms with E-state index in [1.807, 2.05) is 26.0 Å². The van der Waals surface area contributed by atoms with Crippen molar-refractivity contribution in [2.24, 2.45) is 5.92 Å². The predicted octanol–water partition coefficient (Wildman–Crippen LogP) is 4.80. The zero-order valence-electron chi connectivity index (χ0n) is 24.0. The lowest BCUT2D eigenvalue weighted by Gasteiger charge is -2.08. The Morgan fingerprint density at radius 3 is 2.57 bits per heavy atom. The summed E-state index contributed by atoms with van der Waals surface area (Å²) >= 11 is 0. The Morgan fingerprint density at radius 1 is 0.977 bits per heavy atom. The number of amides is 1. The SMILES string of the molecule is CC(C)CC(=O)Nc1cncc(-c2cnc3[nH]nc(-c4nc5c(-c6cc(F)cc(CNS(C)(=O)=O)c6)cncc5[nH]4)c3c2)c1. The van der Waals surface area contributed by atoms with E-state index in [0.717, 1.165) is 17.4 Å². The summed E-state index contributed by atoms with van der Waals surface area (Å²) in [6.07, 6.45) is 9.64. The molecule has 0 saturated carbocycles. The van der Waals surface area contributed by atoms with Gasteiger partial charge >= 0.3 is 0 Å². The molecule has 0 bridgehead atoms. The van der Waals surface area contributed by atoms with E-state index in [0.29, 0.717) is 62.4 Å². The van der Waals surface area contributed by atoms with Crippen molar-refractivity contribution >= 4 is 43.7 Å². The van der Waals surface area contributed by atoms with Gasteiger partial charge in [0.05, 0.1) is 40.8 Å². The highest BCUT2D eigenvalue weighted by molar-refractivity contribution is 7.88. The Kier molecular flexibility index (Phi) is 7.61. The molecule has 12 nitrogen and oxygen atoms in total. The number of imidazole rings is 1. The zero-order chi connectivity index (χ0) is 31.0. The van der Waals surface area contributed by atoms with E-state index >= 15 is 0 Å². The van der Waals surface area contributed by atoms with Crippen molar-refractivity contribution in [3.8, 4) is 33.8 Å². The molecule has 0 aliphatic rings. The highest BCUT2D eigenvalue weighted by atomic mass is 32.2. The van der Waals surface area contributed by atoms with Gasteiger partial charge in [0.25, 0.3) is 0 Å². The molecule has 0 spiro atoms. The molecule has 0 unspecified atom stereocenters. The molecule has 1 aromatic carbocycles. The average molecular weight is 614 g/mol. The fourth-order valence-corrected chi connectivity index (χ4v) is 5.30. The number of benzene rings is 1. The highest BCUT2D eigenvalue weighted by Gasteiger charge is 2.18. The molecule has 6 aromatic rings. The van der Waals surface area contributed by atoms with Crippen molar-refractivity contribution in [3.05, 3.63) is 72.7 Å². The normalized spacial score (nSPS) is 11.9. The van der Waals surface area contributed by atoms with Crippen molar-refractivity contribution in [1.82, 2.24) is 39.8 Å². The maximum absolute atomic E-state index is 14.6. The fraction of sp³-hybridized carbons (Fsp3) is 0.200. The third-order valence-electron chi connectivity index (χ3n) is 6.79. The first kappa shape index (κ1) is 29.0. The van der Waals surface area contributed by atoms with E-state index in [2.05, 4.69) is 40.2 Å². The minimum absolute atomic E-state index is 0.0594. The monoisotopic (exact) mass is 613 g/mol. The number of aromatic amines is 2. The number of fused-ring (bicyclic) bond motifs is 2. The van der Waals surface area contributed by atoms with Crippen LogP contribution in [0.2, 0.25) is 0 Å². The number of carbonyl (C=O) groups is 1. The first-order valence-corrected chi connectivity index (χ1v) is 15.6. The number of hydrogen-bond acceptors (Lipinski definition) is 8.